The number of methoxy groups -OCH3 is 1. The summed E-state index contributed by atoms with van der Waals surface area (Å²) in [7, 11) is 3.17. The standard InChI is InChI=1S/C19H26N4O3/c1-13-15-6-4-5-7-16(15)26-17(13)12-21-18(20-2)22-14-8-10-23(11-9-14)19(24)25-3/h4-7,14H,8-12H2,1-3H3,(H2,20,21,22). The van der Waals surface area contributed by atoms with Crippen LogP contribution in [0.15, 0.2) is 33.7 Å². The number of nitrogens with zero attached hydrogens (tertiary/aromatic N) is 2. The molecule has 0 atom stereocenters. The molecule has 1 amide bonds. The molecule has 1 fully saturated rings. The number of aryl methyl sites for hydroxylation is 1. The van der Waals surface area contributed by atoms with Gasteiger partial charge in [-0.25, -0.2) is 4.79 Å². The van der Waals surface area contributed by atoms with Crippen LogP contribution in [0, 0.1) is 6.92 Å². The molecule has 0 aliphatic carbocycles. The summed E-state index contributed by atoms with van der Waals surface area (Å²) < 4.78 is 10.7. The molecule has 26 heavy (non-hydrogen) atoms. The van der Waals surface area contributed by atoms with E-state index < -0.39 is 0 Å². The van der Waals surface area contributed by atoms with Gasteiger partial charge in [0.15, 0.2) is 5.96 Å². The summed E-state index contributed by atoms with van der Waals surface area (Å²) in [5, 5.41) is 7.89. The predicted octanol–water partition coefficient (Wildman–Crippen LogP) is 2.64. The highest BCUT2D eigenvalue weighted by Crippen LogP contribution is 2.24. The second-order valence-corrected chi connectivity index (χ2v) is 6.45. The molecule has 0 radical (unpaired) electrons. The van der Waals surface area contributed by atoms with Gasteiger partial charge in [-0.1, -0.05) is 18.2 Å². The number of guanidine groups is 1. The SMILES string of the molecule is CN=C(NCc1oc2ccccc2c1C)NC1CCN(C(=O)OC)CC1. The summed E-state index contributed by atoms with van der Waals surface area (Å²) in [4.78, 5) is 17.6. The van der Waals surface area contributed by atoms with Gasteiger partial charge in [0, 0.05) is 37.1 Å². The lowest BCUT2D eigenvalue weighted by atomic mass is 10.1. The largest absolute Gasteiger partial charge is 0.459 e. The normalized spacial score (nSPS) is 16.0. The first-order chi connectivity index (χ1) is 12.6. The fourth-order valence-corrected chi connectivity index (χ4v) is 3.28. The molecule has 1 saturated heterocycles. The number of carbonyl (C=O) groups is 1. The van der Waals surface area contributed by atoms with Crippen LogP contribution in [0.4, 0.5) is 4.79 Å². The molecular formula is C19H26N4O3. The van der Waals surface area contributed by atoms with E-state index >= 15 is 0 Å². The van der Waals surface area contributed by atoms with Gasteiger partial charge in [-0.3, -0.25) is 4.99 Å². The van der Waals surface area contributed by atoms with Gasteiger partial charge in [0.25, 0.3) is 0 Å². The molecule has 0 spiro atoms. The van der Waals surface area contributed by atoms with Gasteiger partial charge >= 0.3 is 6.09 Å². The van der Waals surface area contributed by atoms with Crippen molar-refractivity contribution in [3.05, 3.63) is 35.6 Å². The van der Waals surface area contributed by atoms with E-state index in [1.165, 1.54) is 7.11 Å². The Morgan fingerprint density at radius 3 is 2.73 bits per heavy atom. The highest BCUT2D eigenvalue weighted by molar-refractivity contribution is 5.83. The van der Waals surface area contributed by atoms with Gasteiger partial charge in [0.05, 0.1) is 13.7 Å². The van der Waals surface area contributed by atoms with Crippen molar-refractivity contribution < 1.29 is 13.9 Å². The minimum Gasteiger partial charge on any atom is -0.459 e. The number of furan rings is 1. The van der Waals surface area contributed by atoms with Crippen LogP contribution in [0.5, 0.6) is 0 Å². The van der Waals surface area contributed by atoms with E-state index in [9.17, 15) is 4.79 Å². The molecule has 7 heteroatoms. The molecular weight excluding hydrogens is 332 g/mol. The maximum atomic E-state index is 11.6. The summed E-state index contributed by atoms with van der Waals surface area (Å²) in [5.41, 5.74) is 2.05. The zero-order valence-corrected chi connectivity index (χ0v) is 15.5. The Balaban J connectivity index is 1.54. The second kappa shape index (κ2) is 8.12. The van der Waals surface area contributed by atoms with Crippen LogP contribution in [-0.2, 0) is 11.3 Å². The maximum absolute atomic E-state index is 11.6. The number of rotatable bonds is 3. The number of hydrogen-bond acceptors (Lipinski definition) is 4. The first-order valence-electron chi connectivity index (χ1n) is 8.89. The summed E-state index contributed by atoms with van der Waals surface area (Å²) in [5.74, 6) is 1.65. The Kier molecular flexibility index (Phi) is 5.65. The first kappa shape index (κ1) is 18.1. The van der Waals surface area contributed by atoms with E-state index in [-0.39, 0.29) is 12.1 Å². The number of amides is 1. The van der Waals surface area contributed by atoms with E-state index in [1.807, 2.05) is 18.2 Å². The Hall–Kier alpha value is -2.70. The lowest BCUT2D eigenvalue weighted by molar-refractivity contribution is 0.111. The molecule has 1 aromatic carbocycles. The minimum atomic E-state index is -0.258. The molecule has 2 N–H and O–H groups in total. The number of aliphatic imine (C=N–C) groups is 1. The molecule has 2 heterocycles. The summed E-state index contributed by atoms with van der Waals surface area (Å²) in [6.07, 6.45) is 1.46. The molecule has 2 aromatic rings. The van der Waals surface area contributed by atoms with Crippen molar-refractivity contribution in [2.24, 2.45) is 4.99 Å². The molecule has 0 saturated carbocycles. The number of hydrogen-bond donors (Lipinski definition) is 2. The lowest BCUT2D eigenvalue weighted by Crippen LogP contribution is -2.49. The van der Waals surface area contributed by atoms with Crippen molar-refractivity contribution in [3.8, 4) is 0 Å². The average molecular weight is 358 g/mol. The number of likely N-dealkylation sites (tertiary alicyclic amines) is 1. The molecule has 1 aromatic heterocycles. The van der Waals surface area contributed by atoms with Crippen molar-refractivity contribution in [2.75, 3.05) is 27.2 Å². The number of para-hydroxylation sites is 1. The van der Waals surface area contributed by atoms with Crippen molar-refractivity contribution in [1.82, 2.24) is 15.5 Å². The van der Waals surface area contributed by atoms with Gasteiger partial charge in [-0.2, -0.15) is 0 Å². The number of benzene rings is 1. The van der Waals surface area contributed by atoms with Crippen LogP contribution >= 0.6 is 0 Å². The molecule has 1 aliphatic rings. The smallest absolute Gasteiger partial charge is 0.409 e. The van der Waals surface area contributed by atoms with E-state index in [4.69, 9.17) is 9.15 Å². The monoisotopic (exact) mass is 358 g/mol. The van der Waals surface area contributed by atoms with Crippen LogP contribution in [0.25, 0.3) is 11.0 Å². The fraction of sp³-hybridized carbons (Fsp3) is 0.474. The third kappa shape index (κ3) is 3.92. The Morgan fingerprint density at radius 2 is 2.08 bits per heavy atom. The van der Waals surface area contributed by atoms with Gasteiger partial charge < -0.3 is 24.7 Å². The molecule has 1 aliphatic heterocycles. The quantitative estimate of drug-likeness (QED) is 0.651. The molecule has 3 rings (SSSR count). The van der Waals surface area contributed by atoms with Crippen LogP contribution in [0.3, 0.4) is 0 Å². The number of fused-ring (bicyclic) bond motifs is 1. The third-order valence-electron chi connectivity index (χ3n) is 4.85. The van der Waals surface area contributed by atoms with E-state index in [0.717, 1.165) is 41.1 Å². The summed E-state index contributed by atoms with van der Waals surface area (Å²) in [6.45, 7) is 4.01. The topological polar surface area (TPSA) is 79.1 Å². The highest BCUT2D eigenvalue weighted by atomic mass is 16.5. The van der Waals surface area contributed by atoms with Crippen LogP contribution < -0.4 is 10.6 Å². The molecule has 140 valence electrons. The second-order valence-electron chi connectivity index (χ2n) is 6.45. The first-order valence-corrected chi connectivity index (χ1v) is 8.89. The van der Waals surface area contributed by atoms with E-state index in [2.05, 4.69) is 28.6 Å². The third-order valence-corrected chi connectivity index (χ3v) is 4.85. The lowest BCUT2D eigenvalue weighted by Gasteiger charge is -2.32. The summed E-state index contributed by atoms with van der Waals surface area (Å²) in [6, 6.07) is 8.32. The van der Waals surface area contributed by atoms with E-state index in [0.29, 0.717) is 19.6 Å². The predicted molar refractivity (Wildman–Crippen MR) is 101 cm³/mol. The van der Waals surface area contributed by atoms with Crippen molar-refractivity contribution in [1.29, 1.82) is 0 Å². The number of carbonyl (C=O) groups excluding carboxylic acids is 1. The van der Waals surface area contributed by atoms with Crippen LogP contribution in [-0.4, -0.2) is 50.2 Å². The Morgan fingerprint density at radius 1 is 1.35 bits per heavy atom. The van der Waals surface area contributed by atoms with Crippen LogP contribution in [0.1, 0.15) is 24.2 Å². The van der Waals surface area contributed by atoms with E-state index in [1.54, 1.807) is 11.9 Å². The summed E-state index contributed by atoms with van der Waals surface area (Å²) >= 11 is 0. The minimum absolute atomic E-state index is 0.258. The zero-order chi connectivity index (χ0) is 18.5. The van der Waals surface area contributed by atoms with Crippen molar-refractivity contribution >= 4 is 23.0 Å². The van der Waals surface area contributed by atoms with Crippen molar-refractivity contribution in [3.63, 3.8) is 0 Å². The number of ether oxygens (including phenoxy) is 1. The molecule has 0 bridgehead atoms. The average Bonchev–Trinajstić information content (AvgIpc) is 3.01. The zero-order valence-electron chi connectivity index (χ0n) is 15.5. The fourth-order valence-electron chi connectivity index (χ4n) is 3.28. The number of piperidine rings is 1. The van der Waals surface area contributed by atoms with Gasteiger partial charge in [0.2, 0.25) is 0 Å². The molecule has 7 nitrogen and oxygen atoms in total. The molecule has 0 unspecified atom stereocenters. The Bertz CT molecular complexity index is 791. The maximum Gasteiger partial charge on any atom is 0.409 e. The van der Waals surface area contributed by atoms with Gasteiger partial charge in [-0.15, -0.1) is 0 Å². The van der Waals surface area contributed by atoms with Gasteiger partial charge in [0.1, 0.15) is 11.3 Å². The van der Waals surface area contributed by atoms with Crippen LogP contribution in [0.2, 0.25) is 0 Å². The Labute approximate surface area is 153 Å². The van der Waals surface area contributed by atoms with Crippen molar-refractivity contribution in [2.45, 2.75) is 32.4 Å². The highest BCUT2D eigenvalue weighted by Gasteiger charge is 2.23. The number of nitrogens with one attached hydrogen (secondary N) is 2. The van der Waals surface area contributed by atoms with Gasteiger partial charge in [-0.05, 0) is 25.8 Å².